The molecule has 4 N–H and O–H groups in total. The first kappa shape index (κ1) is 39.5. The summed E-state index contributed by atoms with van der Waals surface area (Å²) >= 11 is 0. The Balaban J connectivity index is 1.03. The van der Waals surface area contributed by atoms with Gasteiger partial charge in [-0.15, -0.1) is 13.2 Å². The zero-order valence-corrected chi connectivity index (χ0v) is 32.9. The molecule has 300 valence electrons. The normalized spacial score (nSPS) is 16.3. The third kappa shape index (κ3) is 8.36. The van der Waals surface area contributed by atoms with Gasteiger partial charge >= 0.3 is 12.2 Å². The molecule has 3 unspecified atom stereocenters. The summed E-state index contributed by atoms with van der Waals surface area (Å²) in [5.41, 5.74) is 5.84. The minimum atomic E-state index is -0.914. The van der Waals surface area contributed by atoms with Crippen LogP contribution in [-0.4, -0.2) is 93.1 Å². The van der Waals surface area contributed by atoms with Gasteiger partial charge in [0, 0.05) is 18.7 Å². The molecule has 4 amide bonds. The summed E-state index contributed by atoms with van der Waals surface area (Å²) in [6.07, 6.45) is 8.66. The van der Waals surface area contributed by atoms with Gasteiger partial charge in [-0.05, 0) is 70.7 Å². The highest BCUT2D eigenvalue weighted by molar-refractivity contribution is 5.91. The third-order valence-electron chi connectivity index (χ3n) is 11.0. The van der Waals surface area contributed by atoms with Gasteiger partial charge in [0.2, 0.25) is 11.8 Å². The van der Waals surface area contributed by atoms with E-state index in [2.05, 4.69) is 92.0 Å². The first-order chi connectivity index (χ1) is 28.1. The zero-order valence-electron chi connectivity index (χ0n) is 32.9. The fraction of sp³-hybridized carbons (Fsp3) is 0.318. The Labute approximate surface area is 336 Å². The Kier molecular flexibility index (Phi) is 11.5. The number of aromatic amines is 2. The van der Waals surface area contributed by atoms with E-state index in [4.69, 9.17) is 9.72 Å². The maximum absolute atomic E-state index is 13.6. The molecule has 2 aliphatic rings. The Hall–Kier alpha value is -6.70. The topological polar surface area (TPSA) is 175 Å². The number of hydrogen-bond acceptors (Lipinski definition) is 8. The van der Waals surface area contributed by atoms with Crippen LogP contribution in [0.15, 0.2) is 98.4 Å². The number of fused-ring (bicyclic) bond motifs is 1. The number of hydrogen-bond donors (Lipinski definition) is 4. The van der Waals surface area contributed by atoms with Gasteiger partial charge < -0.3 is 39.9 Å². The summed E-state index contributed by atoms with van der Waals surface area (Å²) in [5, 5.41) is 7.25. The van der Waals surface area contributed by atoms with Crippen LogP contribution in [0, 0.1) is 5.41 Å². The number of ether oxygens (including phenoxy) is 2. The van der Waals surface area contributed by atoms with E-state index >= 15 is 0 Å². The molecule has 14 heteroatoms. The highest BCUT2D eigenvalue weighted by Crippen LogP contribution is 2.58. The Morgan fingerprint density at radius 1 is 0.845 bits per heavy atom. The smallest absolute Gasteiger partial charge is 0.407 e. The van der Waals surface area contributed by atoms with E-state index in [9.17, 15) is 19.2 Å². The molecule has 1 aliphatic carbocycles. The van der Waals surface area contributed by atoms with Crippen LogP contribution in [-0.2, 0) is 25.6 Å². The Bertz CT molecular complexity index is 2340. The lowest BCUT2D eigenvalue weighted by molar-refractivity contribution is -0.133. The lowest BCUT2D eigenvalue weighted by Gasteiger charge is -2.26. The number of alkyl carbamates (subject to hydrolysis) is 2. The average molecular weight is 785 g/mol. The van der Waals surface area contributed by atoms with Crippen molar-refractivity contribution in [1.82, 2.24) is 40.4 Å². The molecular weight excluding hydrogens is 737 g/mol. The Morgan fingerprint density at radius 2 is 1.43 bits per heavy atom. The van der Waals surface area contributed by atoms with Crippen LogP contribution in [0.5, 0.6) is 0 Å². The molecule has 3 atom stereocenters. The molecule has 1 spiro atoms. The van der Waals surface area contributed by atoms with Crippen LogP contribution in [0.25, 0.3) is 44.4 Å². The number of rotatable bonds is 14. The number of H-pyrrole nitrogens is 2. The maximum Gasteiger partial charge on any atom is 0.407 e. The van der Waals surface area contributed by atoms with Gasteiger partial charge in [0.25, 0.3) is 0 Å². The predicted octanol–water partition coefficient (Wildman–Crippen LogP) is 6.90. The molecule has 3 heterocycles. The van der Waals surface area contributed by atoms with Crippen LogP contribution in [0.3, 0.4) is 0 Å². The van der Waals surface area contributed by atoms with Gasteiger partial charge in [-0.25, -0.2) is 19.6 Å². The molecule has 1 aliphatic heterocycles. The van der Waals surface area contributed by atoms with Gasteiger partial charge in [-0.1, -0.05) is 67.6 Å². The maximum atomic E-state index is 13.6. The summed E-state index contributed by atoms with van der Waals surface area (Å²) in [5.74, 6) is 0.817. The zero-order chi connectivity index (χ0) is 41.0. The number of nitrogens with one attached hydrogen (secondary N) is 4. The summed E-state index contributed by atoms with van der Waals surface area (Å²) in [4.78, 5) is 70.0. The van der Waals surface area contributed by atoms with E-state index in [0.717, 1.165) is 75.9 Å². The van der Waals surface area contributed by atoms with Crippen molar-refractivity contribution in [3.05, 3.63) is 110 Å². The monoisotopic (exact) mass is 784 g/mol. The number of carbonyl (C=O) groups is 4. The first-order valence-corrected chi connectivity index (χ1v) is 19.3. The molecule has 0 radical (unpaired) electrons. The van der Waals surface area contributed by atoms with Crippen LogP contribution in [0.2, 0.25) is 0 Å². The lowest BCUT2D eigenvalue weighted by atomic mass is 9.98. The number of carbonyl (C=O) groups excluding carboxylic acids is 4. The third-order valence-corrected chi connectivity index (χ3v) is 11.0. The number of imidazole rings is 2. The number of nitrogens with zero attached hydrogens (tertiary/aromatic N) is 4. The fourth-order valence-corrected chi connectivity index (χ4v) is 7.66. The van der Waals surface area contributed by atoms with E-state index in [1.807, 2.05) is 30.2 Å². The van der Waals surface area contributed by atoms with E-state index in [0.29, 0.717) is 18.9 Å². The fourth-order valence-electron chi connectivity index (χ4n) is 7.66. The molecule has 2 aromatic heterocycles. The first-order valence-electron chi connectivity index (χ1n) is 19.3. The van der Waals surface area contributed by atoms with E-state index in [1.54, 1.807) is 11.1 Å². The summed E-state index contributed by atoms with van der Waals surface area (Å²) in [6.45, 7) is 10.8. The number of methoxy groups -OCH3 is 2. The minimum absolute atomic E-state index is 0.0939. The van der Waals surface area contributed by atoms with Crippen molar-refractivity contribution < 1.29 is 28.7 Å². The molecular formula is C44H48N8O6. The number of likely N-dealkylation sites (tertiary alicyclic amines) is 1. The second-order valence-corrected chi connectivity index (χ2v) is 14.9. The number of amides is 4. The molecule has 7 rings (SSSR count). The van der Waals surface area contributed by atoms with E-state index in [-0.39, 0.29) is 29.8 Å². The van der Waals surface area contributed by atoms with Gasteiger partial charge in [0.1, 0.15) is 23.7 Å². The lowest BCUT2D eigenvalue weighted by Crippen LogP contribution is -2.47. The van der Waals surface area contributed by atoms with Crippen LogP contribution < -0.4 is 10.6 Å². The van der Waals surface area contributed by atoms with Crippen molar-refractivity contribution in [2.75, 3.05) is 27.3 Å². The van der Waals surface area contributed by atoms with Gasteiger partial charge in [0.05, 0.1) is 50.6 Å². The van der Waals surface area contributed by atoms with Crippen LogP contribution in [0.4, 0.5) is 9.59 Å². The molecule has 1 saturated carbocycles. The number of benzene rings is 3. The Morgan fingerprint density at radius 3 is 2.07 bits per heavy atom. The van der Waals surface area contributed by atoms with Crippen molar-refractivity contribution >= 4 is 34.8 Å². The van der Waals surface area contributed by atoms with Gasteiger partial charge in [0.15, 0.2) is 0 Å². The quantitative estimate of drug-likeness (QED) is 0.0880. The standard InChI is InChI=1S/C44H48N8O6/c1-6-19-51(40(53)33(7-2)49-42(55)57-4)25-38-45-23-35(47-38)28-11-9-27(10-12-28)29-13-14-31-21-32(16-15-30(31)20-29)36-24-46-39(48-36)37-22-44(17-18-44)26-52(37)41(54)34(8-3)50-43(56)58-5/h7-16,20-21,23-24,33-34,37H,2-3,6,17-19,22,25-26H2,1,4-5H3,(H,45,47)(H,46,48)(H,49,55)(H,50,56). The van der Waals surface area contributed by atoms with Crippen molar-refractivity contribution in [3.63, 3.8) is 0 Å². The SMILES string of the molecule is C=CC(NC(=O)OC)C(=O)N(CCC)Cc1ncc(-c2ccc(-c3ccc4cc(-c5cnc(C6CC7(CC7)CN6C(=O)C(C=C)NC(=O)OC)[nH]5)ccc4c3)cc2)[nH]1. The molecule has 0 bridgehead atoms. The molecule has 58 heavy (non-hydrogen) atoms. The largest absolute Gasteiger partial charge is 0.453 e. The average Bonchev–Trinajstić information content (AvgIpc) is 3.56. The highest BCUT2D eigenvalue weighted by atomic mass is 16.5. The summed E-state index contributed by atoms with van der Waals surface area (Å²) < 4.78 is 9.37. The van der Waals surface area contributed by atoms with E-state index in [1.165, 1.54) is 26.4 Å². The highest BCUT2D eigenvalue weighted by Gasteiger charge is 2.55. The molecule has 2 fully saturated rings. The molecule has 5 aromatic rings. The molecule has 3 aromatic carbocycles. The van der Waals surface area contributed by atoms with Crippen molar-refractivity contribution in [2.24, 2.45) is 5.41 Å². The van der Waals surface area contributed by atoms with Crippen LogP contribution >= 0.6 is 0 Å². The van der Waals surface area contributed by atoms with Crippen molar-refractivity contribution in [2.45, 2.75) is 57.3 Å². The minimum Gasteiger partial charge on any atom is -0.453 e. The van der Waals surface area contributed by atoms with Crippen LogP contribution in [0.1, 0.15) is 50.3 Å². The second kappa shape index (κ2) is 16.8. The molecule has 1 saturated heterocycles. The van der Waals surface area contributed by atoms with Gasteiger partial charge in [-0.3, -0.25) is 9.59 Å². The molecule has 14 nitrogen and oxygen atoms in total. The summed E-state index contributed by atoms with van der Waals surface area (Å²) in [6, 6.07) is 18.9. The predicted molar refractivity (Wildman–Crippen MR) is 220 cm³/mol. The van der Waals surface area contributed by atoms with Gasteiger partial charge in [-0.2, -0.15) is 0 Å². The second-order valence-electron chi connectivity index (χ2n) is 14.9. The van der Waals surface area contributed by atoms with Crippen molar-refractivity contribution in [3.8, 4) is 33.6 Å². The summed E-state index contributed by atoms with van der Waals surface area (Å²) in [7, 11) is 2.51. The van der Waals surface area contributed by atoms with E-state index < -0.39 is 24.3 Å². The number of aromatic nitrogens is 4. The van der Waals surface area contributed by atoms with Crippen molar-refractivity contribution in [1.29, 1.82) is 0 Å².